The molecule has 2 rings (SSSR count). The Hall–Kier alpha value is -1.16. The van der Waals surface area contributed by atoms with E-state index in [0.717, 1.165) is 31.0 Å². The van der Waals surface area contributed by atoms with Crippen LogP contribution in [0.3, 0.4) is 0 Å². The number of rotatable bonds is 2. The third kappa shape index (κ3) is 2.26. The summed E-state index contributed by atoms with van der Waals surface area (Å²) in [6.07, 6.45) is 2.36. The first-order valence-electron chi connectivity index (χ1n) is 5.45. The van der Waals surface area contributed by atoms with Gasteiger partial charge in [0.25, 0.3) is 5.56 Å². The monoisotopic (exact) mass is 207 g/mol. The number of nitrogens with one attached hydrogen (secondary N) is 1. The molecule has 2 heterocycles. The molecular formula is C11H17N3O. The van der Waals surface area contributed by atoms with Gasteiger partial charge >= 0.3 is 0 Å². The van der Waals surface area contributed by atoms with Gasteiger partial charge in [0.15, 0.2) is 0 Å². The smallest absolute Gasteiger partial charge is 0.253 e. The lowest BCUT2D eigenvalue weighted by Crippen LogP contribution is -2.33. The fourth-order valence-corrected chi connectivity index (χ4v) is 2.12. The van der Waals surface area contributed by atoms with Crippen molar-refractivity contribution in [3.05, 3.63) is 27.9 Å². The first-order chi connectivity index (χ1) is 7.16. The summed E-state index contributed by atoms with van der Waals surface area (Å²) in [5.41, 5.74) is 0.863. The van der Waals surface area contributed by atoms with Crippen LogP contribution >= 0.6 is 0 Å². The van der Waals surface area contributed by atoms with E-state index in [1.54, 1.807) is 10.6 Å². The molecule has 1 aliphatic heterocycles. The molecule has 0 aliphatic carbocycles. The Morgan fingerprint density at radius 3 is 3.00 bits per heavy atom. The highest BCUT2D eigenvalue weighted by Gasteiger charge is 2.16. The maximum absolute atomic E-state index is 11.7. The van der Waals surface area contributed by atoms with Crippen LogP contribution in [-0.4, -0.2) is 22.1 Å². The van der Waals surface area contributed by atoms with Gasteiger partial charge in [0, 0.05) is 24.3 Å². The lowest BCUT2D eigenvalue weighted by molar-refractivity contribution is 0.485. The number of aromatic nitrogens is 2. The molecule has 0 radical (unpaired) electrons. The Morgan fingerprint density at radius 1 is 1.60 bits per heavy atom. The van der Waals surface area contributed by atoms with E-state index in [9.17, 15) is 4.79 Å². The van der Waals surface area contributed by atoms with Crippen LogP contribution in [0.25, 0.3) is 0 Å². The van der Waals surface area contributed by atoms with E-state index in [2.05, 4.69) is 10.3 Å². The van der Waals surface area contributed by atoms with Crippen LogP contribution in [0.15, 0.2) is 10.9 Å². The van der Waals surface area contributed by atoms with Gasteiger partial charge in [-0.15, -0.1) is 0 Å². The van der Waals surface area contributed by atoms with Gasteiger partial charge in [-0.1, -0.05) is 0 Å². The van der Waals surface area contributed by atoms with Crippen LogP contribution in [0.4, 0.5) is 0 Å². The van der Waals surface area contributed by atoms with Crippen LogP contribution in [0.2, 0.25) is 0 Å². The Kier molecular flexibility index (Phi) is 2.86. The Morgan fingerprint density at radius 2 is 2.40 bits per heavy atom. The minimum atomic E-state index is 0.0636. The molecule has 1 fully saturated rings. The molecule has 15 heavy (non-hydrogen) atoms. The quantitative estimate of drug-likeness (QED) is 0.773. The molecule has 0 saturated carbocycles. The summed E-state index contributed by atoms with van der Waals surface area (Å²) in [7, 11) is 0. The zero-order valence-electron chi connectivity index (χ0n) is 9.29. The summed E-state index contributed by atoms with van der Waals surface area (Å²) in [6, 6.07) is 2.04. The molecule has 4 heteroatoms. The summed E-state index contributed by atoms with van der Waals surface area (Å²) in [4.78, 5) is 16.1. The number of nitrogens with zero attached hydrogens (tertiary/aromatic N) is 2. The highest BCUT2D eigenvalue weighted by molar-refractivity contribution is 5.02. The summed E-state index contributed by atoms with van der Waals surface area (Å²) in [5.74, 6) is 0.814. The van der Waals surface area contributed by atoms with Crippen LogP contribution in [0, 0.1) is 13.8 Å². The van der Waals surface area contributed by atoms with E-state index < -0.39 is 0 Å². The topological polar surface area (TPSA) is 46.9 Å². The lowest BCUT2D eigenvalue weighted by Gasteiger charge is -2.14. The summed E-state index contributed by atoms with van der Waals surface area (Å²) in [6.45, 7) is 5.56. The average molecular weight is 207 g/mol. The first kappa shape index (κ1) is 10.4. The normalized spacial score (nSPS) is 20.8. The van der Waals surface area contributed by atoms with E-state index >= 15 is 0 Å². The maximum atomic E-state index is 11.7. The van der Waals surface area contributed by atoms with Crippen LogP contribution in [0.5, 0.6) is 0 Å². The number of hydrogen-bond acceptors (Lipinski definition) is 3. The molecule has 0 aromatic carbocycles. The van der Waals surface area contributed by atoms with Crippen molar-refractivity contribution in [1.82, 2.24) is 14.9 Å². The van der Waals surface area contributed by atoms with Gasteiger partial charge in [-0.3, -0.25) is 9.36 Å². The highest BCUT2D eigenvalue weighted by atomic mass is 16.1. The van der Waals surface area contributed by atoms with Crippen molar-refractivity contribution in [3.63, 3.8) is 0 Å². The van der Waals surface area contributed by atoms with Gasteiger partial charge < -0.3 is 5.32 Å². The molecule has 0 amide bonds. The van der Waals surface area contributed by atoms with Gasteiger partial charge in [0.2, 0.25) is 0 Å². The second-order valence-corrected chi connectivity index (χ2v) is 4.19. The van der Waals surface area contributed by atoms with Crippen LogP contribution in [0.1, 0.15) is 24.4 Å². The van der Waals surface area contributed by atoms with Crippen molar-refractivity contribution in [2.45, 2.75) is 39.3 Å². The van der Waals surface area contributed by atoms with Gasteiger partial charge in [-0.2, -0.15) is 0 Å². The van der Waals surface area contributed by atoms with E-state index in [1.807, 2.05) is 13.8 Å². The summed E-state index contributed by atoms with van der Waals surface area (Å²) in [5, 5.41) is 3.39. The highest BCUT2D eigenvalue weighted by Crippen LogP contribution is 2.07. The molecule has 1 atom stereocenters. The number of aryl methyl sites for hydroxylation is 2. The fourth-order valence-electron chi connectivity index (χ4n) is 2.12. The van der Waals surface area contributed by atoms with Crippen LogP contribution in [-0.2, 0) is 6.54 Å². The molecule has 0 unspecified atom stereocenters. The lowest BCUT2D eigenvalue weighted by atomic mass is 10.2. The average Bonchev–Trinajstić information content (AvgIpc) is 2.63. The Bertz CT molecular complexity index is 405. The predicted molar refractivity (Wildman–Crippen MR) is 59.0 cm³/mol. The van der Waals surface area contributed by atoms with E-state index in [4.69, 9.17) is 0 Å². The van der Waals surface area contributed by atoms with E-state index in [0.29, 0.717) is 6.04 Å². The minimum Gasteiger partial charge on any atom is -0.312 e. The van der Waals surface area contributed by atoms with Crippen molar-refractivity contribution >= 4 is 0 Å². The molecule has 1 aromatic heterocycles. The second-order valence-electron chi connectivity index (χ2n) is 4.19. The molecule has 4 nitrogen and oxygen atoms in total. The van der Waals surface area contributed by atoms with Gasteiger partial charge in [0.1, 0.15) is 5.82 Å². The minimum absolute atomic E-state index is 0.0636. The van der Waals surface area contributed by atoms with Crippen molar-refractivity contribution < 1.29 is 0 Å². The Labute approximate surface area is 89.3 Å². The SMILES string of the molecule is Cc1cc(=O)n(C[C@@H]2CCCN2)c(C)n1. The Balaban J connectivity index is 2.23. The van der Waals surface area contributed by atoms with Crippen LogP contribution < -0.4 is 10.9 Å². The molecule has 1 saturated heterocycles. The maximum Gasteiger partial charge on any atom is 0.253 e. The first-order valence-corrected chi connectivity index (χ1v) is 5.45. The molecule has 1 aliphatic rings. The second kappa shape index (κ2) is 4.14. The molecule has 1 aromatic rings. The van der Waals surface area contributed by atoms with Crippen molar-refractivity contribution in [2.24, 2.45) is 0 Å². The van der Waals surface area contributed by atoms with Gasteiger partial charge in [-0.25, -0.2) is 4.98 Å². The molecule has 1 N–H and O–H groups in total. The summed E-state index contributed by atoms with van der Waals surface area (Å²) >= 11 is 0. The van der Waals surface area contributed by atoms with Crippen molar-refractivity contribution in [1.29, 1.82) is 0 Å². The zero-order chi connectivity index (χ0) is 10.8. The third-order valence-electron chi connectivity index (χ3n) is 2.89. The van der Waals surface area contributed by atoms with Crippen molar-refractivity contribution in [3.8, 4) is 0 Å². The molecule has 0 bridgehead atoms. The molecule has 0 spiro atoms. The molecule has 82 valence electrons. The predicted octanol–water partition coefficient (Wildman–Crippen LogP) is 0.612. The zero-order valence-corrected chi connectivity index (χ0v) is 9.29. The standard InChI is InChI=1S/C11H17N3O/c1-8-6-11(15)14(9(2)13-8)7-10-4-3-5-12-10/h6,10,12H,3-5,7H2,1-2H3/t10-/m0/s1. The number of hydrogen-bond donors (Lipinski definition) is 1. The van der Waals surface area contributed by atoms with Gasteiger partial charge in [-0.05, 0) is 33.2 Å². The molecular weight excluding hydrogens is 190 g/mol. The summed E-state index contributed by atoms with van der Waals surface area (Å²) < 4.78 is 1.76. The van der Waals surface area contributed by atoms with E-state index in [1.165, 1.54) is 6.42 Å². The third-order valence-corrected chi connectivity index (χ3v) is 2.89. The fraction of sp³-hybridized carbons (Fsp3) is 0.636. The largest absolute Gasteiger partial charge is 0.312 e. The van der Waals surface area contributed by atoms with Gasteiger partial charge in [0.05, 0.1) is 0 Å². The van der Waals surface area contributed by atoms with Crippen molar-refractivity contribution in [2.75, 3.05) is 6.54 Å². The van der Waals surface area contributed by atoms with E-state index in [-0.39, 0.29) is 5.56 Å².